The Morgan fingerprint density at radius 1 is 1.08 bits per heavy atom. The van der Waals surface area contributed by atoms with E-state index in [-0.39, 0.29) is 11.8 Å². The van der Waals surface area contributed by atoms with Gasteiger partial charge >= 0.3 is 0 Å². The molecule has 2 aromatic carbocycles. The standard InChI is InChI=1S/C19H21N3O2S/c1-13-11-22(17-5-3-4-6-18(17)25-13)12-19(24)21-16-9-7-15(8-10-16)20-14(2)23/h3-10,13H,11-12H2,1-2H3,(H,20,23)(H,21,24). The van der Waals surface area contributed by atoms with Gasteiger partial charge in [0.05, 0.1) is 12.2 Å². The fourth-order valence-corrected chi connectivity index (χ4v) is 4.01. The van der Waals surface area contributed by atoms with E-state index in [1.807, 2.05) is 23.9 Å². The van der Waals surface area contributed by atoms with Crippen LogP contribution in [-0.4, -0.2) is 30.2 Å². The minimum absolute atomic E-state index is 0.0545. The molecule has 0 fully saturated rings. The monoisotopic (exact) mass is 355 g/mol. The molecule has 2 amide bonds. The lowest BCUT2D eigenvalue weighted by Crippen LogP contribution is -2.39. The molecule has 0 spiro atoms. The zero-order valence-corrected chi connectivity index (χ0v) is 15.1. The van der Waals surface area contributed by atoms with E-state index < -0.39 is 0 Å². The number of carbonyl (C=O) groups is 2. The van der Waals surface area contributed by atoms with Gasteiger partial charge in [-0.1, -0.05) is 19.1 Å². The third-order valence-corrected chi connectivity index (χ3v) is 4.99. The number of carbonyl (C=O) groups excluding carboxylic acids is 2. The summed E-state index contributed by atoms with van der Waals surface area (Å²) in [6.45, 7) is 4.80. The molecule has 5 nitrogen and oxygen atoms in total. The summed E-state index contributed by atoms with van der Waals surface area (Å²) in [5, 5.41) is 6.06. The fraction of sp³-hybridized carbons (Fsp3) is 0.263. The van der Waals surface area contributed by atoms with Crippen LogP contribution >= 0.6 is 11.8 Å². The lowest BCUT2D eigenvalue weighted by atomic mass is 10.2. The number of thioether (sulfide) groups is 1. The molecule has 2 aromatic rings. The number of rotatable bonds is 4. The second-order valence-corrected chi connectivity index (χ2v) is 7.56. The Kier molecular flexibility index (Phi) is 5.28. The number of hydrogen-bond donors (Lipinski definition) is 2. The maximum atomic E-state index is 12.4. The van der Waals surface area contributed by atoms with Crippen molar-refractivity contribution in [2.24, 2.45) is 0 Å². The second kappa shape index (κ2) is 7.61. The highest BCUT2D eigenvalue weighted by Crippen LogP contribution is 2.37. The summed E-state index contributed by atoms with van der Waals surface area (Å²) in [4.78, 5) is 26.8. The van der Waals surface area contributed by atoms with E-state index in [9.17, 15) is 9.59 Å². The predicted octanol–water partition coefficient (Wildman–Crippen LogP) is 3.58. The van der Waals surface area contributed by atoms with Gasteiger partial charge in [-0.05, 0) is 36.4 Å². The molecule has 1 unspecified atom stereocenters. The van der Waals surface area contributed by atoms with E-state index in [2.05, 4.69) is 34.6 Å². The lowest BCUT2D eigenvalue weighted by Gasteiger charge is -2.33. The maximum Gasteiger partial charge on any atom is 0.243 e. The average molecular weight is 355 g/mol. The molecule has 0 bridgehead atoms. The van der Waals surface area contributed by atoms with Crippen LogP contribution in [0.5, 0.6) is 0 Å². The summed E-state index contributed by atoms with van der Waals surface area (Å²) in [7, 11) is 0. The van der Waals surface area contributed by atoms with Crippen molar-refractivity contribution in [3.8, 4) is 0 Å². The molecule has 0 radical (unpaired) electrons. The quantitative estimate of drug-likeness (QED) is 0.880. The number of amides is 2. The topological polar surface area (TPSA) is 61.4 Å². The van der Waals surface area contributed by atoms with Crippen LogP contribution in [0.25, 0.3) is 0 Å². The van der Waals surface area contributed by atoms with Crippen molar-refractivity contribution in [1.82, 2.24) is 0 Å². The number of hydrogen-bond acceptors (Lipinski definition) is 4. The van der Waals surface area contributed by atoms with E-state index >= 15 is 0 Å². The van der Waals surface area contributed by atoms with Gasteiger partial charge in [-0.2, -0.15) is 0 Å². The lowest BCUT2D eigenvalue weighted by molar-refractivity contribution is -0.115. The number of benzene rings is 2. The third-order valence-electron chi connectivity index (χ3n) is 3.84. The Hall–Kier alpha value is -2.47. The first-order valence-electron chi connectivity index (χ1n) is 8.19. The van der Waals surface area contributed by atoms with Crippen molar-refractivity contribution < 1.29 is 9.59 Å². The van der Waals surface area contributed by atoms with Crippen molar-refractivity contribution >= 4 is 40.6 Å². The Bertz CT molecular complexity index is 776. The van der Waals surface area contributed by atoms with Gasteiger partial charge in [0.2, 0.25) is 11.8 Å². The molecule has 25 heavy (non-hydrogen) atoms. The molecule has 0 aliphatic carbocycles. The van der Waals surface area contributed by atoms with Crippen molar-refractivity contribution in [2.75, 3.05) is 28.6 Å². The minimum Gasteiger partial charge on any atom is -0.360 e. The molecule has 1 heterocycles. The molecule has 3 rings (SSSR count). The van der Waals surface area contributed by atoms with Crippen molar-refractivity contribution in [2.45, 2.75) is 24.0 Å². The van der Waals surface area contributed by atoms with E-state index in [4.69, 9.17) is 0 Å². The first kappa shape index (κ1) is 17.4. The Labute approximate surface area is 151 Å². The zero-order chi connectivity index (χ0) is 17.8. The summed E-state index contributed by atoms with van der Waals surface area (Å²) in [6.07, 6.45) is 0. The fourth-order valence-electron chi connectivity index (χ4n) is 2.84. The predicted molar refractivity (Wildman–Crippen MR) is 103 cm³/mol. The molecule has 1 aliphatic rings. The molecular weight excluding hydrogens is 334 g/mol. The van der Waals surface area contributed by atoms with Crippen LogP contribution < -0.4 is 15.5 Å². The molecule has 2 N–H and O–H groups in total. The van der Waals surface area contributed by atoms with Crippen LogP contribution in [0.2, 0.25) is 0 Å². The third kappa shape index (κ3) is 4.54. The first-order valence-corrected chi connectivity index (χ1v) is 9.07. The number of para-hydroxylation sites is 1. The van der Waals surface area contributed by atoms with Gasteiger partial charge < -0.3 is 15.5 Å². The zero-order valence-electron chi connectivity index (χ0n) is 14.3. The molecule has 0 aromatic heterocycles. The van der Waals surface area contributed by atoms with Gasteiger partial charge in [0, 0.05) is 35.0 Å². The highest BCUT2D eigenvalue weighted by Gasteiger charge is 2.23. The summed E-state index contributed by atoms with van der Waals surface area (Å²) < 4.78 is 0. The van der Waals surface area contributed by atoms with E-state index in [1.165, 1.54) is 11.8 Å². The highest BCUT2D eigenvalue weighted by molar-refractivity contribution is 8.00. The van der Waals surface area contributed by atoms with E-state index in [0.717, 1.165) is 12.2 Å². The SMILES string of the molecule is CC(=O)Nc1ccc(NC(=O)CN2CC(C)Sc3ccccc32)cc1. The summed E-state index contributed by atoms with van der Waals surface area (Å²) in [5.41, 5.74) is 2.54. The van der Waals surface area contributed by atoms with Gasteiger partial charge in [0.1, 0.15) is 0 Å². The van der Waals surface area contributed by atoms with Crippen LogP contribution in [-0.2, 0) is 9.59 Å². The van der Waals surface area contributed by atoms with E-state index in [1.54, 1.807) is 24.3 Å². The van der Waals surface area contributed by atoms with Crippen molar-refractivity contribution in [3.05, 3.63) is 48.5 Å². The maximum absolute atomic E-state index is 12.4. The van der Waals surface area contributed by atoms with Crippen LogP contribution in [0.3, 0.4) is 0 Å². The Balaban J connectivity index is 1.64. The highest BCUT2D eigenvalue weighted by atomic mass is 32.2. The molecule has 1 atom stereocenters. The molecule has 0 saturated carbocycles. The molecule has 6 heteroatoms. The summed E-state index contributed by atoms with van der Waals surface area (Å²) in [6, 6.07) is 15.3. The normalized spacial score (nSPS) is 16.1. The summed E-state index contributed by atoms with van der Waals surface area (Å²) in [5.74, 6) is -0.172. The van der Waals surface area contributed by atoms with Gasteiger partial charge in [-0.3, -0.25) is 9.59 Å². The number of nitrogens with zero attached hydrogens (tertiary/aromatic N) is 1. The molecule has 1 aliphatic heterocycles. The molecular formula is C19H21N3O2S. The largest absolute Gasteiger partial charge is 0.360 e. The van der Waals surface area contributed by atoms with Gasteiger partial charge in [-0.15, -0.1) is 11.8 Å². The molecule has 0 saturated heterocycles. The number of nitrogens with one attached hydrogen (secondary N) is 2. The van der Waals surface area contributed by atoms with Gasteiger partial charge in [0.25, 0.3) is 0 Å². The number of anilines is 3. The van der Waals surface area contributed by atoms with Crippen molar-refractivity contribution in [3.63, 3.8) is 0 Å². The summed E-state index contributed by atoms with van der Waals surface area (Å²) >= 11 is 1.85. The van der Waals surface area contributed by atoms with E-state index in [0.29, 0.717) is 23.2 Å². The smallest absolute Gasteiger partial charge is 0.243 e. The van der Waals surface area contributed by atoms with Gasteiger partial charge in [-0.25, -0.2) is 0 Å². The Morgan fingerprint density at radius 2 is 1.72 bits per heavy atom. The van der Waals surface area contributed by atoms with Crippen LogP contribution in [0.1, 0.15) is 13.8 Å². The second-order valence-electron chi connectivity index (χ2n) is 6.08. The molecule has 130 valence electrons. The first-order chi connectivity index (χ1) is 12.0. The van der Waals surface area contributed by atoms with Crippen LogP contribution in [0.15, 0.2) is 53.4 Å². The van der Waals surface area contributed by atoms with Crippen LogP contribution in [0, 0.1) is 0 Å². The van der Waals surface area contributed by atoms with Crippen molar-refractivity contribution in [1.29, 1.82) is 0 Å². The van der Waals surface area contributed by atoms with Gasteiger partial charge in [0.15, 0.2) is 0 Å². The minimum atomic E-state index is -0.118. The average Bonchev–Trinajstić information content (AvgIpc) is 2.56. The Morgan fingerprint density at radius 3 is 2.40 bits per heavy atom. The number of fused-ring (bicyclic) bond motifs is 1. The van der Waals surface area contributed by atoms with Crippen LogP contribution in [0.4, 0.5) is 17.1 Å².